The first-order valence-corrected chi connectivity index (χ1v) is 13.7. The van der Waals surface area contributed by atoms with Gasteiger partial charge in [0.2, 0.25) is 15.9 Å². The lowest BCUT2D eigenvalue weighted by Gasteiger charge is -2.49. The highest BCUT2D eigenvalue weighted by Crippen LogP contribution is 2.39. The summed E-state index contributed by atoms with van der Waals surface area (Å²) in [7, 11) is -3.64. The van der Waals surface area contributed by atoms with E-state index in [1.54, 1.807) is 22.6 Å². The lowest BCUT2D eigenvalue weighted by atomic mass is 9.86. The Balaban J connectivity index is 1.19. The number of ether oxygens (including phenoxy) is 1. The van der Waals surface area contributed by atoms with E-state index in [0.29, 0.717) is 36.9 Å². The van der Waals surface area contributed by atoms with Gasteiger partial charge in [-0.05, 0) is 68.0 Å². The van der Waals surface area contributed by atoms with Gasteiger partial charge in [-0.15, -0.1) is 0 Å². The van der Waals surface area contributed by atoms with Gasteiger partial charge >= 0.3 is 0 Å². The van der Waals surface area contributed by atoms with Crippen LogP contribution in [0, 0.1) is 0 Å². The van der Waals surface area contributed by atoms with Gasteiger partial charge in [0, 0.05) is 30.2 Å². The minimum absolute atomic E-state index is 0.0584. The number of fused-ring (bicyclic) bond motifs is 1. The Bertz CT molecular complexity index is 1390. The number of hydrogen-bond acceptors (Lipinski definition) is 5. The number of carbonyl (C=O) groups is 1. The predicted octanol–water partition coefficient (Wildman–Crippen LogP) is 3.83. The molecular weight excluding hydrogens is 462 g/mol. The number of hydrogen-bond donors (Lipinski definition) is 0. The average molecular weight is 492 g/mol. The second-order valence-electron chi connectivity index (χ2n) is 10.1. The van der Waals surface area contributed by atoms with Crippen LogP contribution in [-0.4, -0.2) is 65.9 Å². The van der Waals surface area contributed by atoms with Gasteiger partial charge in [0.25, 0.3) is 0 Å². The second kappa shape index (κ2) is 8.40. The topological polar surface area (TPSA) is 79.8 Å². The molecule has 1 spiro atoms. The third kappa shape index (κ3) is 4.13. The van der Waals surface area contributed by atoms with Gasteiger partial charge in [-0.25, -0.2) is 8.42 Å². The van der Waals surface area contributed by atoms with Crippen LogP contribution >= 0.6 is 0 Å². The first kappa shape index (κ1) is 22.6. The number of aromatic nitrogens is 1. The predicted molar refractivity (Wildman–Crippen MR) is 133 cm³/mol. The molecule has 2 unspecified atom stereocenters. The molecule has 2 aromatic carbocycles. The Morgan fingerprint density at radius 2 is 1.83 bits per heavy atom. The Labute approximate surface area is 205 Å². The molecule has 3 fully saturated rings. The van der Waals surface area contributed by atoms with Crippen LogP contribution in [0.1, 0.15) is 32.6 Å². The molecule has 2 aliphatic heterocycles. The molecule has 0 N–H and O–H groups in total. The summed E-state index contributed by atoms with van der Waals surface area (Å²) in [4.78, 5) is 18.9. The number of amides is 1. The molecule has 2 atom stereocenters. The van der Waals surface area contributed by atoms with Crippen LogP contribution in [0.4, 0.5) is 0 Å². The van der Waals surface area contributed by atoms with Crippen LogP contribution < -0.4 is 0 Å². The minimum atomic E-state index is -3.64. The highest BCUT2D eigenvalue weighted by Gasteiger charge is 2.49. The Kier molecular flexibility index (Phi) is 5.43. The van der Waals surface area contributed by atoms with Gasteiger partial charge in [-0.2, -0.15) is 4.31 Å². The third-order valence-corrected chi connectivity index (χ3v) is 9.64. The second-order valence-corrected chi connectivity index (χ2v) is 12.0. The molecule has 6 rings (SSSR count). The SMILES string of the molecule is CC1CC2(CCN1S(=O)(=O)c1ccc(-c3ccc4cccnc4c3)cc1)CN(C1CC1)C(=O)CO2. The molecular formula is C27H29N3O4S. The molecule has 3 aliphatic rings. The van der Waals surface area contributed by atoms with E-state index in [4.69, 9.17) is 4.74 Å². The van der Waals surface area contributed by atoms with E-state index >= 15 is 0 Å². The molecule has 0 radical (unpaired) electrons. The fourth-order valence-corrected chi connectivity index (χ4v) is 7.20. The molecule has 8 heteroatoms. The van der Waals surface area contributed by atoms with E-state index in [-0.39, 0.29) is 18.6 Å². The van der Waals surface area contributed by atoms with Gasteiger partial charge in [0.15, 0.2) is 0 Å². The summed E-state index contributed by atoms with van der Waals surface area (Å²) in [6.07, 6.45) is 5.07. The van der Waals surface area contributed by atoms with Crippen LogP contribution in [0.3, 0.4) is 0 Å². The monoisotopic (exact) mass is 491 g/mol. The van der Waals surface area contributed by atoms with E-state index in [1.807, 2.05) is 54.3 Å². The summed E-state index contributed by atoms with van der Waals surface area (Å²) in [5.41, 5.74) is 2.40. The van der Waals surface area contributed by atoms with Crippen molar-refractivity contribution in [2.75, 3.05) is 19.7 Å². The van der Waals surface area contributed by atoms with Gasteiger partial charge in [-0.3, -0.25) is 9.78 Å². The summed E-state index contributed by atoms with van der Waals surface area (Å²) < 4.78 is 34.7. The van der Waals surface area contributed by atoms with Crippen molar-refractivity contribution in [1.82, 2.24) is 14.2 Å². The zero-order chi connectivity index (χ0) is 24.2. The molecule has 1 aromatic heterocycles. The van der Waals surface area contributed by atoms with E-state index < -0.39 is 15.6 Å². The molecule has 35 heavy (non-hydrogen) atoms. The van der Waals surface area contributed by atoms with Crippen molar-refractivity contribution in [3.05, 3.63) is 60.8 Å². The van der Waals surface area contributed by atoms with E-state index in [1.165, 1.54) is 0 Å². The molecule has 3 heterocycles. The van der Waals surface area contributed by atoms with Crippen LogP contribution in [0.2, 0.25) is 0 Å². The van der Waals surface area contributed by atoms with Crippen molar-refractivity contribution in [3.63, 3.8) is 0 Å². The number of rotatable bonds is 4. The number of benzene rings is 2. The van der Waals surface area contributed by atoms with Crippen molar-refractivity contribution in [3.8, 4) is 11.1 Å². The Morgan fingerprint density at radius 3 is 2.57 bits per heavy atom. The molecule has 2 saturated heterocycles. The average Bonchev–Trinajstić information content (AvgIpc) is 3.71. The van der Waals surface area contributed by atoms with Crippen molar-refractivity contribution >= 4 is 26.8 Å². The van der Waals surface area contributed by atoms with E-state index in [9.17, 15) is 13.2 Å². The number of morpholine rings is 1. The molecule has 7 nitrogen and oxygen atoms in total. The number of nitrogens with zero attached hydrogens (tertiary/aromatic N) is 3. The standard InChI is InChI=1S/C27H29N3O4S/c1-19-16-27(18-29(23-8-9-23)26(31)17-34-27)12-14-30(19)35(32,33)24-10-6-20(7-11-24)22-5-4-21-3-2-13-28-25(21)15-22/h2-7,10-11,13,15,19,23H,8-9,12,14,16-18H2,1H3. The fraction of sp³-hybridized carbons (Fsp3) is 0.407. The zero-order valence-electron chi connectivity index (χ0n) is 19.8. The van der Waals surface area contributed by atoms with Crippen molar-refractivity contribution in [2.24, 2.45) is 0 Å². The minimum Gasteiger partial charge on any atom is -0.363 e. The quantitative estimate of drug-likeness (QED) is 0.554. The molecule has 1 saturated carbocycles. The normalized spacial score (nSPS) is 25.9. The van der Waals surface area contributed by atoms with Crippen LogP contribution in [-0.2, 0) is 19.6 Å². The molecule has 1 aliphatic carbocycles. The Morgan fingerprint density at radius 1 is 1.06 bits per heavy atom. The largest absolute Gasteiger partial charge is 0.363 e. The lowest BCUT2D eigenvalue weighted by Crippen LogP contribution is -2.61. The zero-order valence-corrected chi connectivity index (χ0v) is 20.6. The number of piperidine rings is 1. The molecule has 3 aromatic rings. The number of carbonyl (C=O) groups excluding carboxylic acids is 1. The highest BCUT2D eigenvalue weighted by molar-refractivity contribution is 7.89. The van der Waals surface area contributed by atoms with E-state index in [0.717, 1.165) is 34.9 Å². The first-order valence-electron chi connectivity index (χ1n) is 12.3. The van der Waals surface area contributed by atoms with Crippen LogP contribution in [0.5, 0.6) is 0 Å². The summed E-state index contributed by atoms with van der Waals surface area (Å²) in [5, 5.41) is 1.07. The van der Waals surface area contributed by atoms with Gasteiger partial charge < -0.3 is 9.64 Å². The van der Waals surface area contributed by atoms with Gasteiger partial charge in [0.05, 0.1) is 22.6 Å². The smallest absolute Gasteiger partial charge is 0.248 e. The third-order valence-electron chi connectivity index (χ3n) is 7.62. The first-order chi connectivity index (χ1) is 16.8. The summed E-state index contributed by atoms with van der Waals surface area (Å²) >= 11 is 0. The maximum absolute atomic E-state index is 13.5. The fourth-order valence-electron chi connectivity index (χ4n) is 5.57. The molecule has 182 valence electrons. The maximum Gasteiger partial charge on any atom is 0.248 e. The summed E-state index contributed by atoms with van der Waals surface area (Å²) in [6.45, 7) is 3.00. The highest BCUT2D eigenvalue weighted by atomic mass is 32.2. The van der Waals surface area contributed by atoms with Crippen LogP contribution in [0.15, 0.2) is 65.7 Å². The summed E-state index contributed by atoms with van der Waals surface area (Å²) in [6, 6.07) is 17.2. The number of pyridine rings is 1. The summed E-state index contributed by atoms with van der Waals surface area (Å²) in [5.74, 6) is 0.0584. The number of sulfonamides is 1. The van der Waals surface area contributed by atoms with Gasteiger partial charge in [0.1, 0.15) is 6.61 Å². The van der Waals surface area contributed by atoms with Crippen molar-refractivity contribution < 1.29 is 17.9 Å². The van der Waals surface area contributed by atoms with E-state index in [2.05, 4.69) is 4.98 Å². The molecule has 1 amide bonds. The Hall–Kier alpha value is -2.81. The lowest BCUT2D eigenvalue weighted by molar-refractivity contribution is -0.173. The molecule has 0 bridgehead atoms. The van der Waals surface area contributed by atoms with Crippen molar-refractivity contribution in [2.45, 2.75) is 55.2 Å². The van der Waals surface area contributed by atoms with Gasteiger partial charge in [-0.1, -0.05) is 30.3 Å². The maximum atomic E-state index is 13.5. The van der Waals surface area contributed by atoms with Crippen molar-refractivity contribution in [1.29, 1.82) is 0 Å². The van der Waals surface area contributed by atoms with Crippen LogP contribution in [0.25, 0.3) is 22.0 Å².